The van der Waals surface area contributed by atoms with E-state index in [-0.39, 0.29) is 19.1 Å². The van der Waals surface area contributed by atoms with E-state index in [0.29, 0.717) is 0 Å². The Hall–Kier alpha value is -1.30. The van der Waals surface area contributed by atoms with Crippen LogP contribution in [0.4, 0.5) is 4.79 Å². The average molecular weight is 232 g/mol. The summed E-state index contributed by atoms with van der Waals surface area (Å²) in [6.45, 7) is 3.51. The molecule has 0 spiro atoms. The van der Waals surface area contributed by atoms with Crippen molar-refractivity contribution in [1.82, 2.24) is 9.80 Å². The summed E-state index contributed by atoms with van der Waals surface area (Å²) in [6, 6.07) is -0.297. The number of rotatable bonds is 5. The number of likely N-dealkylation sites (N-methyl/N-ethyl adjacent to an activating group) is 1. The molecule has 6 nitrogen and oxygen atoms in total. The minimum Gasteiger partial charge on any atom is -0.481 e. The van der Waals surface area contributed by atoms with Gasteiger partial charge in [0.05, 0.1) is 12.0 Å². The summed E-state index contributed by atoms with van der Waals surface area (Å²) in [6.07, 6.45) is -0.598. The third kappa shape index (κ3) is 4.97. The Bertz CT molecular complexity index is 255. The quantitative estimate of drug-likeness (QED) is 0.703. The fourth-order valence-electron chi connectivity index (χ4n) is 1.33. The number of amides is 2. The van der Waals surface area contributed by atoms with Crippen molar-refractivity contribution < 1.29 is 19.8 Å². The predicted molar refractivity (Wildman–Crippen MR) is 59.1 cm³/mol. The highest BCUT2D eigenvalue weighted by molar-refractivity contribution is 5.75. The SMILES string of the molecule is CC(O)CN(C)C(=O)N(C)CC(C)C(=O)O. The van der Waals surface area contributed by atoms with Crippen molar-refractivity contribution in [3.05, 3.63) is 0 Å². The van der Waals surface area contributed by atoms with Gasteiger partial charge in [-0.25, -0.2) is 4.79 Å². The average Bonchev–Trinajstić information content (AvgIpc) is 2.14. The van der Waals surface area contributed by atoms with E-state index in [4.69, 9.17) is 10.2 Å². The number of aliphatic carboxylic acids is 1. The van der Waals surface area contributed by atoms with Crippen LogP contribution in [0.1, 0.15) is 13.8 Å². The smallest absolute Gasteiger partial charge is 0.319 e. The second-order valence-corrected chi connectivity index (χ2v) is 4.13. The molecule has 0 aliphatic rings. The first-order valence-corrected chi connectivity index (χ1v) is 5.12. The minimum atomic E-state index is -0.933. The molecule has 94 valence electrons. The van der Waals surface area contributed by atoms with Crippen LogP contribution in [-0.2, 0) is 4.79 Å². The number of aliphatic hydroxyl groups excluding tert-OH is 1. The minimum absolute atomic E-state index is 0.151. The van der Waals surface area contributed by atoms with E-state index in [0.717, 1.165) is 0 Å². The van der Waals surface area contributed by atoms with E-state index in [9.17, 15) is 9.59 Å². The summed E-state index contributed by atoms with van der Waals surface area (Å²) in [4.78, 5) is 25.0. The third-order valence-corrected chi connectivity index (χ3v) is 2.16. The van der Waals surface area contributed by atoms with Crippen molar-refractivity contribution in [3.63, 3.8) is 0 Å². The van der Waals surface area contributed by atoms with Gasteiger partial charge in [0.15, 0.2) is 0 Å². The Morgan fingerprint density at radius 1 is 1.12 bits per heavy atom. The van der Waals surface area contributed by atoms with Crippen LogP contribution < -0.4 is 0 Å². The summed E-state index contributed by atoms with van der Waals surface area (Å²) in [5.74, 6) is -1.54. The van der Waals surface area contributed by atoms with Crippen LogP contribution in [-0.4, -0.2) is 65.3 Å². The monoisotopic (exact) mass is 232 g/mol. The van der Waals surface area contributed by atoms with Crippen LogP contribution >= 0.6 is 0 Å². The molecule has 16 heavy (non-hydrogen) atoms. The lowest BCUT2D eigenvalue weighted by Crippen LogP contribution is -2.44. The Morgan fingerprint density at radius 2 is 1.56 bits per heavy atom. The number of aliphatic hydroxyl groups is 1. The van der Waals surface area contributed by atoms with E-state index in [1.807, 2.05) is 0 Å². The molecule has 2 unspecified atom stereocenters. The molecule has 0 bridgehead atoms. The predicted octanol–water partition coefficient (Wildman–Crippen LogP) is 0.0715. The molecule has 0 fully saturated rings. The first-order valence-electron chi connectivity index (χ1n) is 5.12. The molecular formula is C10H20N2O4. The van der Waals surface area contributed by atoms with E-state index in [2.05, 4.69) is 0 Å². The molecule has 0 aromatic heterocycles. The fourth-order valence-corrected chi connectivity index (χ4v) is 1.33. The van der Waals surface area contributed by atoms with Crippen molar-refractivity contribution in [2.45, 2.75) is 20.0 Å². The molecule has 2 atom stereocenters. The number of nitrogens with zero attached hydrogens (tertiary/aromatic N) is 2. The van der Waals surface area contributed by atoms with Gasteiger partial charge in [-0.1, -0.05) is 6.92 Å². The van der Waals surface area contributed by atoms with E-state index >= 15 is 0 Å². The van der Waals surface area contributed by atoms with Gasteiger partial charge in [0.1, 0.15) is 0 Å². The Balaban J connectivity index is 4.22. The van der Waals surface area contributed by atoms with Gasteiger partial charge >= 0.3 is 12.0 Å². The topological polar surface area (TPSA) is 81.1 Å². The highest BCUT2D eigenvalue weighted by Gasteiger charge is 2.20. The first-order chi connectivity index (χ1) is 7.25. The zero-order chi connectivity index (χ0) is 12.9. The first kappa shape index (κ1) is 14.7. The number of carboxylic acids is 1. The Kier molecular flexibility index (Phi) is 5.81. The highest BCUT2D eigenvalue weighted by Crippen LogP contribution is 2.02. The maximum Gasteiger partial charge on any atom is 0.319 e. The molecule has 0 heterocycles. The fraction of sp³-hybridized carbons (Fsp3) is 0.800. The molecule has 0 aromatic rings. The largest absolute Gasteiger partial charge is 0.481 e. The van der Waals surface area contributed by atoms with Crippen LogP contribution in [0.25, 0.3) is 0 Å². The van der Waals surface area contributed by atoms with Crippen molar-refractivity contribution in [2.24, 2.45) is 5.92 Å². The molecule has 0 aliphatic heterocycles. The molecule has 0 aliphatic carbocycles. The third-order valence-electron chi connectivity index (χ3n) is 2.16. The summed E-state index contributed by atoms with van der Waals surface area (Å²) < 4.78 is 0. The zero-order valence-corrected chi connectivity index (χ0v) is 10.2. The van der Waals surface area contributed by atoms with E-state index < -0.39 is 18.0 Å². The molecule has 0 saturated carbocycles. The van der Waals surface area contributed by atoms with E-state index in [1.54, 1.807) is 27.9 Å². The second kappa shape index (κ2) is 6.32. The molecule has 0 aromatic carbocycles. The highest BCUT2D eigenvalue weighted by atomic mass is 16.4. The molecule has 6 heteroatoms. The molecule has 2 amide bonds. The Morgan fingerprint density at radius 3 is 1.94 bits per heavy atom. The van der Waals surface area contributed by atoms with Crippen LogP contribution in [0.5, 0.6) is 0 Å². The number of urea groups is 1. The Labute approximate surface area is 95.5 Å². The lowest BCUT2D eigenvalue weighted by molar-refractivity contribution is -0.141. The summed E-state index contributed by atoms with van der Waals surface area (Å²) in [7, 11) is 3.11. The van der Waals surface area contributed by atoms with Crippen LogP contribution in [0, 0.1) is 5.92 Å². The normalized spacial score (nSPS) is 14.1. The van der Waals surface area contributed by atoms with E-state index in [1.165, 1.54) is 9.80 Å². The van der Waals surface area contributed by atoms with Crippen molar-refractivity contribution in [1.29, 1.82) is 0 Å². The van der Waals surface area contributed by atoms with Gasteiger partial charge in [-0.3, -0.25) is 4.79 Å². The van der Waals surface area contributed by atoms with Crippen molar-refractivity contribution in [2.75, 3.05) is 27.2 Å². The van der Waals surface area contributed by atoms with Crippen molar-refractivity contribution >= 4 is 12.0 Å². The number of carboxylic acid groups (broad SMARTS) is 1. The van der Waals surface area contributed by atoms with Crippen LogP contribution in [0.3, 0.4) is 0 Å². The zero-order valence-electron chi connectivity index (χ0n) is 10.2. The molecule has 0 saturated heterocycles. The number of hydrogen-bond acceptors (Lipinski definition) is 3. The van der Waals surface area contributed by atoms with Gasteiger partial charge in [-0.05, 0) is 6.92 Å². The summed E-state index contributed by atoms with van der Waals surface area (Å²) in [5.41, 5.74) is 0. The lowest BCUT2D eigenvalue weighted by atomic mass is 10.2. The lowest BCUT2D eigenvalue weighted by Gasteiger charge is -2.26. The van der Waals surface area contributed by atoms with Gasteiger partial charge in [-0.2, -0.15) is 0 Å². The molecule has 2 N–H and O–H groups in total. The second-order valence-electron chi connectivity index (χ2n) is 4.13. The summed E-state index contributed by atoms with van der Waals surface area (Å²) >= 11 is 0. The summed E-state index contributed by atoms with van der Waals surface area (Å²) in [5, 5.41) is 17.8. The maximum absolute atomic E-state index is 11.7. The number of carbonyl (C=O) groups is 2. The maximum atomic E-state index is 11.7. The van der Waals surface area contributed by atoms with Gasteiger partial charge < -0.3 is 20.0 Å². The molecular weight excluding hydrogens is 212 g/mol. The molecule has 0 radical (unpaired) electrons. The van der Waals surface area contributed by atoms with Crippen LogP contribution in [0.2, 0.25) is 0 Å². The standard InChI is InChI=1S/C10H20N2O4/c1-7(9(14)15)5-11(3)10(16)12(4)6-8(2)13/h7-8,13H,5-6H2,1-4H3,(H,14,15). The number of hydrogen-bond donors (Lipinski definition) is 2. The van der Waals surface area contributed by atoms with Gasteiger partial charge in [0.25, 0.3) is 0 Å². The molecule has 0 rings (SSSR count). The van der Waals surface area contributed by atoms with Crippen molar-refractivity contribution in [3.8, 4) is 0 Å². The van der Waals surface area contributed by atoms with Gasteiger partial charge in [0, 0.05) is 27.2 Å². The number of carbonyl (C=O) groups excluding carboxylic acids is 1. The van der Waals surface area contributed by atoms with Gasteiger partial charge in [0.2, 0.25) is 0 Å². The van der Waals surface area contributed by atoms with Crippen LogP contribution in [0.15, 0.2) is 0 Å². The van der Waals surface area contributed by atoms with Gasteiger partial charge in [-0.15, -0.1) is 0 Å².